The molecule has 1 rings (SSSR count). The van der Waals surface area contributed by atoms with Gasteiger partial charge in [-0.25, -0.2) is 0 Å². The highest BCUT2D eigenvalue weighted by Gasteiger charge is 2.12. The van der Waals surface area contributed by atoms with Crippen molar-refractivity contribution in [3.05, 3.63) is 22.2 Å². The van der Waals surface area contributed by atoms with E-state index in [9.17, 15) is 4.79 Å². The molecule has 1 aromatic carbocycles. The second-order valence-corrected chi connectivity index (χ2v) is 2.79. The first-order valence-electron chi connectivity index (χ1n) is 3.24. The van der Waals surface area contributed by atoms with E-state index >= 15 is 0 Å². The second-order valence-electron chi connectivity index (χ2n) is 2.38. The Morgan fingerprint density at radius 1 is 1.50 bits per heavy atom. The fourth-order valence-electron chi connectivity index (χ4n) is 0.885. The first-order chi connectivity index (χ1) is 5.57. The summed E-state index contributed by atoms with van der Waals surface area (Å²) >= 11 is 5.64. The van der Waals surface area contributed by atoms with Crippen molar-refractivity contribution in [3.63, 3.8) is 0 Å². The molecule has 2 N–H and O–H groups in total. The average molecular weight is 187 g/mol. The summed E-state index contributed by atoms with van der Waals surface area (Å²) in [5, 5.41) is 18.5. The zero-order valence-corrected chi connectivity index (χ0v) is 7.09. The second kappa shape index (κ2) is 3.03. The lowest BCUT2D eigenvalue weighted by molar-refractivity contribution is 0.111. The zero-order valence-electron chi connectivity index (χ0n) is 6.34. The normalized spacial score (nSPS) is 9.83. The Bertz CT molecular complexity index is 307. The molecule has 4 heteroatoms. The number of benzene rings is 1. The van der Waals surface area contributed by atoms with Crippen LogP contribution in [0.5, 0.6) is 11.5 Å². The number of rotatable bonds is 1. The molecule has 0 bridgehead atoms. The predicted molar refractivity (Wildman–Crippen MR) is 44.9 cm³/mol. The maximum absolute atomic E-state index is 10.4. The maximum atomic E-state index is 10.4. The number of hydrogen-bond donors (Lipinski definition) is 2. The van der Waals surface area contributed by atoms with Crippen LogP contribution in [0.1, 0.15) is 15.9 Å². The Kier molecular flexibility index (Phi) is 2.24. The standard InChI is InChI=1S/C8H7ClO3/c1-4-5(3-10)8(12)7(11)2-6(4)9/h2-3,11-12H,1H3. The fourth-order valence-corrected chi connectivity index (χ4v) is 1.09. The fraction of sp³-hybridized carbons (Fsp3) is 0.125. The number of aldehydes is 1. The van der Waals surface area contributed by atoms with Gasteiger partial charge in [0.15, 0.2) is 17.8 Å². The maximum Gasteiger partial charge on any atom is 0.168 e. The van der Waals surface area contributed by atoms with Crippen molar-refractivity contribution in [2.45, 2.75) is 6.92 Å². The van der Waals surface area contributed by atoms with Crippen LogP contribution in [0.4, 0.5) is 0 Å². The first-order valence-corrected chi connectivity index (χ1v) is 3.62. The molecule has 0 aliphatic rings. The number of aromatic hydroxyl groups is 2. The minimum atomic E-state index is -0.424. The molecule has 0 saturated heterocycles. The van der Waals surface area contributed by atoms with Crippen LogP contribution in [-0.2, 0) is 0 Å². The highest BCUT2D eigenvalue weighted by atomic mass is 35.5. The van der Waals surface area contributed by atoms with Gasteiger partial charge in [0.05, 0.1) is 5.56 Å². The van der Waals surface area contributed by atoms with E-state index in [2.05, 4.69) is 0 Å². The predicted octanol–water partition coefficient (Wildman–Crippen LogP) is 1.87. The first kappa shape index (κ1) is 8.87. The van der Waals surface area contributed by atoms with Crippen molar-refractivity contribution < 1.29 is 15.0 Å². The molecule has 0 unspecified atom stereocenters. The van der Waals surface area contributed by atoms with Crippen molar-refractivity contribution in [2.75, 3.05) is 0 Å². The van der Waals surface area contributed by atoms with E-state index < -0.39 is 5.75 Å². The number of phenols is 2. The SMILES string of the molecule is Cc1c(Cl)cc(O)c(O)c1C=O. The van der Waals surface area contributed by atoms with Crippen LogP contribution in [0, 0.1) is 6.92 Å². The summed E-state index contributed by atoms with van der Waals surface area (Å²) in [5.41, 5.74) is 0.488. The Labute approximate surface area is 74.2 Å². The van der Waals surface area contributed by atoms with E-state index in [4.69, 9.17) is 21.8 Å². The quantitative estimate of drug-likeness (QED) is 0.520. The van der Waals surface area contributed by atoms with Crippen LogP contribution in [0.25, 0.3) is 0 Å². The molecule has 64 valence electrons. The Balaban J connectivity index is 3.52. The smallest absolute Gasteiger partial charge is 0.168 e. The molecule has 0 saturated carbocycles. The molecular weight excluding hydrogens is 180 g/mol. The monoisotopic (exact) mass is 186 g/mol. The summed E-state index contributed by atoms with van der Waals surface area (Å²) in [4.78, 5) is 10.4. The summed E-state index contributed by atoms with van der Waals surface area (Å²) in [6.45, 7) is 1.59. The van der Waals surface area contributed by atoms with Crippen molar-refractivity contribution in [1.82, 2.24) is 0 Å². The molecule has 0 fully saturated rings. The van der Waals surface area contributed by atoms with E-state index in [1.54, 1.807) is 6.92 Å². The van der Waals surface area contributed by atoms with Gasteiger partial charge in [-0.3, -0.25) is 4.79 Å². The molecule has 0 spiro atoms. The van der Waals surface area contributed by atoms with Gasteiger partial charge in [0, 0.05) is 11.1 Å². The van der Waals surface area contributed by atoms with Crippen molar-refractivity contribution in [1.29, 1.82) is 0 Å². The van der Waals surface area contributed by atoms with Gasteiger partial charge in [-0.15, -0.1) is 0 Å². The molecule has 0 aliphatic heterocycles. The highest BCUT2D eigenvalue weighted by molar-refractivity contribution is 6.32. The van der Waals surface area contributed by atoms with Crippen LogP contribution >= 0.6 is 11.6 Å². The van der Waals surface area contributed by atoms with Crippen molar-refractivity contribution in [3.8, 4) is 11.5 Å². The van der Waals surface area contributed by atoms with Gasteiger partial charge >= 0.3 is 0 Å². The lowest BCUT2D eigenvalue weighted by Crippen LogP contribution is -1.88. The lowest BCUT2D eigenvalue weighted by Gasteiger charge is -2.05. The number of halogens is 1. The van der Waals surface area contributed by atoms with Gasteiger partial charge in [0.1, 0.15) is 0 Å². The summed E-state index contributed by atoms with van der Waals surface area (Å²) in [6, 6.07) is 1.19. The molecule has 0 atom stereocenters. The highest BCUT2D eigenvalue weighted by Crippen LogP contribution is 2.34. The molecule has 0 heterocycles. The minimum absolute atomic E-state index is 0.0278. The van der Waals surface area contributed by atoms with E-state index in [1.807, 2.05) is 0 Å². The van der Waals surface area contributed by atoms with Crippen LogP contribution in [-0.4, -0.2) is 16.5 Å². The third-order valence-corrected chi connectivity index (χ3v) is 2.03. The topological polar surface area (TPSA) is 57.5 Å². The lowest BCUT2D eigenvalue weighted by atomic mass is 10.1. The van der Waals surface area contributed by atoms with Crippen LogP contribution in [0.15, 0.2) is 6.07 Å². The number of carbonyl (C=O) groups is 1. The zero-order chi connectivity index (χ0) is 9.30. The van der Waals surface area contributed by atoms with Crippen LogP contribution < -0.4 is 0 Å². The average Bonchev–Trinajstić information content (AvgIpc) is 2.02. The van der Waals surface area contributed by atoms with E-state index in [-0.39, 0.29) is 16.3 Å². The molecule has 3 nitrogen and oxygen atoms in total. The molecule has 0 amide bonds. The third kappa shape index (κ3) is 1.23. The summed E-state index contributed by atoms with van der Waals surface area (Å²) in [5.74, 6) is -0.806. The molecule has 12 heavy (non-hydrogen) atoms. The van der Waals surface area contributed by atoms with Crippen LogP contribution in [0.3, 0.4) is 0 Å². The Morgan fingerprint density at radius 3 is 2.58 bits per heavy atom. The van der Waals surface area contributed by atoms with Gasteiger partial charge in [-0.2, -0.15) is 0 Å². The largest absolute Gasteiger partial charge is 0.504 e. The molecule has 1 aromatic rings. The van der Waals surface area contributed by atoms with Gasteiger partial charge in [0.2, 0.25) is 0 Å². The number of carbonyl (C=O) groups excluding carboxylic acids is 1. The number of hydrogen-bond acceptors (Lipinski definition) is 3. The van der Waals surface area contributed by atoms with E-state index in [0.717, 1.165) is 0 Å². The van der Waals surface area contributed by atoms with Gasteiger partial charge in [-0.05, 0) is 12.5 Å². The van der Waals surface area contributed by atoms with Crippen molar-refractivity contribution in [2.24, 2.45) is 0 Å². The summed E-state index contributed by atoms with van der Waals surface area (Å²) < 4.78 is 0. The van der Waals surface area contributed by atoms with Gasteiger partial charge < -0.3 is 10.2 Å². The van der Waals surface area contributed by atoms with E-state index in [0.29, 0.717) is 11.8 Å². The minimum Gasteiger partial charge on any atom is -0.504 e. The Morgan fingerprint density at radius 2 is 2.08 bits per heavy atom. The molecule has 0 aliphatic carbocycles. The van der Waals surface area contributed by atoms with Crippen molar-refractivity contribution >= 4 is 17.9 Å². The third-order valence-electron chi connectivity index (χ3n) is 1.64. The van der Waals surface area contributed by atoms with Crippen LogP contribution in [0.2, 0.25) is 5.02 Å². The molecule has 0 aromatic heterocycles. The molecular formula is C8H7ClO3. The Hall–Kier alpha value is -1.22. The summed E-state index contributed by atoms with van der Waals surface area (Å²) in [6.07, 6.45) is 0.455. The number of phenolic OH excluding ortho intramolecular Hbond substituents is 2. The van der Waals surface area contributed by atoms with Gasteiger partial charge in [0.25, 0.3) is 0 Å². The summed E-state index contributed by atoms with van der Waals surface area (Å²) in [7, 11) is 0. The molecule has 0 radical (unpaired) electrons. The van der Waals surface area contributed by atoms with Gasteiger partial charge in [-0.1, -0.05) is 11.6 Å². The van der Waals surface area contributed by atoms with E-state index in [1.165, 1.54) is 6.07 Å².